The van der Waals surface area contributed by atoms with Gasteiger partial charge in [-0.15, -0.1) is 0 Å². The van der Waals surface area contributed by atoms with Crippen molar-refractivity contribution < 1.29 is 27.6 Å². The zero-order valence-electron chi connectivity index (χ0n) is 19.7. The third kappa shape index (κ3) is 4.56. The molecule has 1 heterocycles. The summed E-state index contributed by atoms with van der Waals surface area (Å²) in [5.41, 5.74) is 0.555. The van der Waals surface area contributed by atoms with Crippen molar-refractivity contribution in [2.45, 2.75) is 31.5 Å². The van der Waals surface area contributed by atoms with Gasteiger partial charge in [-0.3, -0.25) is 14.5 Å². The third-order valence-electron chi connectivity index (χ3n) is 6.31. The SMILES string of the molecule is CN(C)C(=O)CN1C(=O)N(c2cccc(C(F)(F)F)c2)C2=C(C(=O)CCC2)C1c1ccc(C#N)cc1. The number of benzene rings is 2. The lowest BCUT2D eigenvalue weighted by atomic mass is 9.83. The maximum absolute atomic E-state index is 13.9. The van der Waals surface area contributed by atoms with Gasteiger partial charge in [-0.25, -0.2) is 4.79 Å². The van der Waals surface area contributed by atoms with Crippen LogP contribution in [0.1, 0.15) is 42.0 Å². The minimum absolute atomic E-state index is 0.0300. The van der Waals surface area contributed by atoms with Gasteiger partial charge in [0.2, 0.25) is 5.91 Å². The molecule has 2 aliphatic rings. The summed E-state index contributed by atoms with van der Waals surface area (Å²) in [6.45, 7) is -0.393. The molecule has 0 fully saturated rings. The Bertz CT molecular complexity index is 1290. The number of carbonyl (C=O) groups is 3. The fourth-order valence-electron chi connectivity index (χ4n) is 4.52. The summed E-state index contributed by atoms with van der Waals surface area (Å²) in [6, 6.07) is 11.1. The number of anilines is 1. The summed E-state index contributed by atoms with van der Waals surface area (Å²) in [7, 11) is 3.04. The zero-order chi connectivity index (χ0) is 26.2. The summed E-state index contributed by atoms with van der Waals surface area (Å²) < 4.78 is 40.4. The first-order valence-electron chi connectivity index (χ1n) is 11.3. The van der Waals surface area contributed by atoms with Gasteiger partial charge in [-0.05, 0) is 48.7 Å². The smallest absolute Gasteiger partial charge is 0.347 e. The number of Topliss-reactive ketones (excluding diaryl/α,β-unsaturated/α-hetero) is 1. The largest absolute Gasteiger partial charge is 0.416 e. The highest BCUT2D eigenvalue weighted by Gasteiger charge is 2.45. The van der Waals surface area contributed by atoms with Gasteiger partial charge >= 0.3 is 12.2 Å². The molecule has 0 saturated carbocycles. The van der Waals surface area contributed by atoms with Crippen LogP contribution in [0.25, 0.3) is 0 Å². The number of alkyl halides is 3. The van der Waals surface area contributed by atoms with Gasteiger partial charge in [0.05, 0.1) is 28.9 Å². The van der Waals surface area contributed by atoms with Gasteiger partial charge in [-0.2, -0.15) is 18.4 Å². The van der Waals surface area contributed by atoms with Crippen molar-refractivity contribution in [2.75, 3.05) is 25.5 Å². The predicted molar refractivity (Wildman–Crippen MR) is 125 cm³/mol. The van der Waals surface area contributed by atoms with E-state index in [1.165, 1.54) is 36.0 Å². The van der Waals surface area contributed by atoms with E-state index in [2.05, 4.69) is 0 Å². The lowest BCUT2D eigenvalue weighted by molar-refractivity contribution is -0.137. The first-order valence-corrected chi connectivity index (χ1v) is 11.3. The Hall–Kier alpha value is -4.13. The van der Waals surface area contributed by atoms with Crippen LogP contribution in [-0.2, 0) is 15.8 Å². The zero-order valence-corrected chi connectivity index (χ0v) is 19.7. The molecule has 0 saturated heterocycles. The van der Waals surface area contributed by atoms with Gasteiger partial charge in [0, 0.05) is 31.8 Å². The third-order valence-corrected chi connectivity index (χ3v) is 6.31. The predicted octanol–water partition coefficient (Wildman–Crippen LogP) is 4.66. The Labute approximate surface area is 206 Å². The van der Waals surface area contributed by atoms with E-state index in [0.717, 1.165) is 17.0 Å². The quantitative estimate of drug-likeness (QED) is 0.617. The van der Waals surface area contributed by atoms with Crippen LogP contribution in [0.4, 0.5) is 23.7 Å². The fraction of sp³-hybridized carbons (Fsp3) is 0.308. The first kappa shape index (κ1) is 25.0. The van der Waals surface area contributed by atoms with E-state index in [1.54, 1.807) is 24.3 Å². The normalized spacial score (nSPS) is 18.2. The van der Waals surface area contributed by atoms with Crippen molar-refractivity contribution in [2.24, 2.45) is 0 Å². The average molecular weight is 496 g/mol. The van der Waals surface area contributed by atoms with Crippen molar-refractivity contribution in [3.8, 4) is 6.07 Å². The Morgan fingerprint density at radius 3 is 2.42 bits per heavy atom. The molecular formula is C26H23F3N4O3. The molecule has 1 atom stereocenters. The average Bonchev–Trinajstić information content (AvgIpc) is 2.84. The Morgan fingerprint density at radius 1 is 1.11 bits per heavy atom. The maximum Gasteiger partial charge on any atom is 0.416 e. The Balaban J connectivity index is 1.94. The van der Waals surface area contributed by atoms with Gasteiger partial charge < -0.3 is 9.80 Å². The highest BCUT2D eigenvalue weighted by Crippen LogP contribution is 2.44. The highest BCUT2D eigenvalue weighted by atomic mass is 19.4. The van der Waals surface area contributed by atoms with E-state index >= 15 is 0 Å². The van der Waals surface area contributed by atoms with Crippen molar-refractivity contribution in [3.05, 3.63) is 76.5 Å². The Morgan fingerprint density at radius 2 is 1.81 bits per heavy atom. The van der Waals surface area contributed by atoms with Crippen LogP contribution in [0.2, 0.25) is 0 Å². The van der Waals surface area contributed by atoms with E-state index in [9.17, 15) is 27.6 Å². The molecular weight excluding hydrogens is 473 g/mol. The number of halogens is 3. The number of urea groups is 1. The molecule has 3 amide bonds. The summed E-state index contributed by atoms with van der Waals surface area (Å²) in [6.07, 6.45) is -3.66. The second-order valence-corrected chi connectivity index (χ2v) is 8.86. The molecule has 0 bridgehead atoms. The number of hydrogen-bond donors (Lipinski definition) is 0. The van der Waals surface area contributed by atoms with E-state index in [-0.39, 0.29) is 23.5 Å². The molecule has 2 aromatic rings. The van der Waals surface area contributed by atoms with Gasteiger partial charge in [0.1, 0.15) is 6.54 Å². The number of nitrogens with zero attached hydrogens (tertiary/aromatic N) is 4. The minimum atomic E-state index is -4.62. The molecule has 1 aliphatic carbocycles. The molecule has 1 aliphatic heterocycles. The second-order valence-electron chi connectivity index (χ2n) is 8.86. The highest BCUT2D eigenvalue weighted by molar-refractivity contribution is 6.07. The maximum atomic E-state index is 13.9. The number of likely N-dealkylation sites (N-methyl/N-ethyl adjacent to an activating group) is 1. The lowest BCUT2D eigenvalue weighted by Gasteiger charge is -2.45. The van der Waals surface area contributed by atoms with Crippen LogP contribution >= 0.6 is 0 Å². The van der Waals surface area contributed by atoms with Crippen LogP contribution < -0.4 is 4.90 Å². The van der Waals surface area contributed by atoms with E-state index in [4.69, 9.17) is 5.26 Å². The van der Waals surface area contributed by atoms with E-state index < -0.39 is 36.3 Å². The molecule has 7 nitrogen and oxygen atoms in total. The number of hydrogen-bond acceptors (Lipinski definition) is 4. The summed E-state index contributed by atoms with van der Waals surface area (Å²) in [5.74, 6) is -0.657. The monoisotopic (exact) mass is 496 g/mol. The van der Waals surface area contributed by atoms with Crippen LogP contribution in [0.5, 0.6) is 0 Å². The number of ketones is 1. The van der Waals surface area contributed by atoms with Crippen molar-refractivity contribution >= 4 is 23.4 Å². The topological polar surface area (TPSA) is 84.7 Å². The van der Waals surface area contributed by atoms with E-state index in [1.807, 2.05) is 6.07 Å². The Kier molecular flexibility index (Phi) is 6.59. The second kappa shape index (κ2) is 9.49. The molecule has 10 heteroatoms. The number of carbonyl (C=O) groups excluding carboxylic acids is 3. The minimum Gasteiger partial charge on any atom is -0.347 e. The molecule has 0 radical (unpaired) electrons. The molecule has 36 heavy (non-hydrogen) atoms. The number of nitriles is 1. The molecule has 0 aromatic heterocycles. The molecule has 2 aromatic carbocycles. The fourth-order valence-corrected chi connectivity index (χ4v) is 4.52. The molecule has 4 rings (SSSR count). The summed E-state index contributed by atoms with van der Waals surface area (Å²) >= 11 is 0. The van der Waals surface area contributed by atoms with Gasteiger partial charge in [0.15, 0.2) is 5.78 Å². The van der Waals surface area contributed by atoms with Gasteiger partial charge in [0.25, 0.3) is 0 Å². The van der Waals surface area contributed by atoms with Crippen LogP contribution in [0.3, 0.4) is 0 Å². The molecule has 1 unspecified atom stereocenters. The standard InChI is InChI=1S/C26H23F3N4O3/c1-31(2)22(35)15-32-24(17-11-9-16(14-30)10-12-17)23-20(7-4-8-21(23)34)33(25(32)36)19-6-3-5-18(13-19)26(27,28)29/h3,5-6,9-13,24H,4,7-8,15H2,1-2H3. The number of amides is 3. The van der Waals surface area contributed by atoms with Crippen LogP contribution in [-0.4, -0.2) is 48.2 Å². The first-order chi connectivity index (χ1) is 17.0. The number of allylic oxidation sites excluding steroid dienone is 1. The summed E-state index contributed by atoms with van der Waals surface area (Å²) in [5, 5.41) is 9.17. The molecule has 0 spiro atoms. The lowest BCUT2D eigenvalue weighted by Crippen LogP contribution is -2.54. The van der Waals surface area contributed by atoms with Crippen molar-refractivity contribution in [1.29, 1.82) is 5.26 Å². The molecule has 186 valence electrons. The van der Waals surface area contributed by atoms with Crippen molar-refractivity contribution in [1.82, 2.24) is 9.80 Å². The van der Waals surface area contributed by atoms with Crippen molar-refractivity contribution in [3.63, 3.8) is 0 Å². The van der Waals surface area contributed by atoms with Gasteiger partial charge in [-0.1, -0.05) is 18.2 Å². The van der Waals surface area contributed by atoms with E-state index in [0.29, 0.717) is 29.7 Å². The summed E-state index contributed by atoms with van der Waals surface area (Å²) in [4.78, 5) is 43.5. The molecule has 0 N–H and O–H groups in total. The number of rotatable bonds is 4. The van der Waals surface area contributed by atoms with Crippen LogP contribution in [0.15, 0.2) is 59.8 Å². The van der Waals surface area contributed by atoms with Crippen LogP contribution in [0, 0.1) is 11.3 Å².